The molecule has 6 nitrogen and oxygen atoms in total. The van der Waals surface area contributed by atoms with Gasteiger partial charge in [0, 0.05) is 0 Å². The van der Waals surface area contributed by atoms with Crippen LogP contribution in [-0.4, -0.2) is 30.3 Å². The molecule has 0 bridgehead atoms. The Balaban J connectivity index is 2.11. The Morgan fingerprint density at radius 3 is 2.65 bits per heavy atom. The molecule has 2 rings (SSSR count). The summed E-state index contributed by atoms with van der Waals surface area (Å²) < 4.78 is 10.8. The van der Waals surface area contributed by atoms with Crippen molar-refractivity contribution in [2.45, 2.75) is 25.0 Å². The van der Waals surface area contributed by atoms with Gasteiger partial charge in [0.25, 0.3) is 0 Å². The normalized spacial score (nSPS) is 17.4. The Morgan fingerprint density at radius 2 is 2.15 bits per heavy atom. The van der Waals surface area contributed by atoms with E-state index in [1.54, 1.807) is 18.2 Å². The summed E-state index contributed by atoms with van der Waals surface area (Å²) in [7, 11) is 1.51. The van der Waals surface area contributed by atoms with Gasteiger partial charge in [0.1, 0.15) is 12.1 Å². The molecule has 0 spiro atoms. The zero-order chi connectivity index (χ0) is 14.8. The van der Waals surface area contributed by atoms with E-state index in [-0.39, 0.29) is 19.1 Å². The number of carbonyl (C=O) groups is 1. The number of ether oxygens (including phenoxy) is 2. The summed E-state index contributed by atoms with van der Waals surface area (Å²) in [5, 5.41) is 9.08. The third kappa shape index (κ3) is 2.86. The van der Waals surface area contributed by atoms with Crippen molar-refractivity contribution in [3.8, 4) is 11.5 Å². The smallest absolute Gasteiger partial charge is 0.241 e. The van der Waals surface area contributed by atoms with Crippen molar-refractivity contribution in [2.24, 2.45) is 17.4 Å². The highest BCUT2D eigenvalue weighted by molar-refractivity contribution is 5.85. The molecular formula is C14H20N2O4. The Kier molecular flexibility index (Phi) is 4.15. The van der Waals surface area contributed by atoms with Crippen LogP contribution in [0.1, 0.15) is 18.4 Å². The molecule has 0 aromatic heterocycles. The average Bonchev–Trinajstić information content (AvgIpc) is 3.29. The lowest BCUT2D eigenvalue weighted by molar-refractivity contribution is -0.125. The second-order valence-electron chi connectivity index (χ2n) is 5.11. The van der Waals surface area contributed by atoms with Crippen LogP contribution < -0.4 is 20.9 Å². The van der Waals surface area contributed by atoms with E-state index in [2.05, 4.69) is 0 Å². The Morgan fingerprint density at radius 1 is 1.45 bits per heavy atom. The number of benzene rings is 1. The summed E-state index contributed by atoms with van der Waals surface area (Å²) >= 11 is 0. The standard InChI is InChI=1S/C14H20N2O4/c1-19-12-6-9(7-17)2-5-11(12)20-8-14(16,13(15)18)10-3-4-10/h2,5-6,10,17H,3-4,7-8,16H2,1H3,(H2,15,18). The molecule has 1 unspecified atom stereocenters. The fraction of sp³-hybridized carbons (Fsp3) is 0.500. The minimum atomic E-state index is -1.14. The highest BCUT2D eigenvalue weighted by Gasteiger charge is 2.47. The van der Waals surface area contributed by atoms with Gasteiger partial charge in [0.05, 0.1) is 13.7 Å². The van der Waals surface area contributed by atoms with E-state index < -0.39 is 11.4 Å². The van der Waals surface area contributed by atoms with Crippen LogP contribution in [0.3, 0.4) is 0 Å². The number of aliphatic hydroxyl groups is 1. The number of carbonyl (C=O) groups excluding carboxylic acids is 1. The maximum absolute atomic E-state index is 11.5. The van der Waals surface area contributed by atoms with Gasteiger partial charge < -0.3 is 26.0 Å². The summed E-state index contributed by atoms with van der Waals surface area (Å²) in [4.78, 5) is 11.5. The highest BCUT2D eigenvalue weighted by Crippen LogP contribution is 2.39. The first-order chi connectivity index (χ1) is 9.51. The zero-order valence-electron chi connectivity index (χ0n) is 11.5. The van der Waals surface area contributed by atoms with Crippen LogP contribution in [-0.2, 0) is 11.4 Å². The third-order valence-corrected chi connectivity index (χ3v) is 3.64. The Bertz CT molecular complexity index is 502. The van der Waals surface area contributed by atoms with Crippen molar-refractivity contribution < 1.29 is 19.4 Å². The summed E-state index contributed by atoms with van der Waals surface area (Å²) in [5.41, 5.74) is 11.0. The van der Waals surface area contributed by atoms with E-state index in [0.717, 1.165) is 12.8 Å². The molecule has 0 saturated heterocycles. The van der Waals surface area contributed by atoms with Crippen LogP contribution in [0.5, 0.6) is 11.5 Å². The van der Waals surface area contributed by atoms with Gasteiger partial charge >= 0.3 is 0 Å². The number of rotatable bonds is 7. The second kappa shape index (κ2) is 5.68. The predicted molar refractivity (Wildman–Crippen MR) is 73.2 cm³/mol. The van der Waals surface area contributed by atoms with Crippen molar-refractivity contribution in [3.05, 3.63) is 23.8 Å². The summed E-state index contributed by atoms with van der Waals surface area (Å²) in [6.45, 7) is -0.0668. The van der Waals surface area contributed by atoms with E-state index in [1.807, 2.05) is 0 Å². The number of hydrogen-bond acceptors (Lipinski definition) is 5. The summed E-state index contributed by atoms with van der Waals surface area (Å²) in [6.07, 6.45) is 1.78. The van der Waals surface area contributed by atoms with Crippen molar-refractivity contribution in [2.75, 3.05) is 13.7 Å². The average molecular weight is 280 g/mol. The molecule has 1 aliphatic carbocycles. The predicted octanol–water partition coefficient (Wildman–Crippen LogP) is 0.159. The van der Waals surface area contributed by atoms with Gasteiger partial charge in [-0.05, 0) is 36.5 Å². The molecule has 0 aliphatic heterocycles. The first kappa shape index (κ1) is 14.6. The number of hydrogen-bond donors (Lipinski definition) is 3. The number of nitrogens with two attached hydrogens (primary N) is 2. The summed E-state index contributed by atoms with van der Waals surface area (Å²) in [5.74, 6) is 0.495. The molecule has 0 heterocycles. The maximum atomic E-state index is 11.5. The van der Waals surface area contributed by atoms with Crippen LogP contribution >= 0.6 is 0 Å². The Labute approximate surface area is 117 Å². The van der Waals surface area contributed by atoms with Gasteiger partial charge in [0.2, 0.25) is 5.91 Å². The van der Waals surface area contributed by atoms with Crippen molar-refractivity contribution in [1.82, 2.24) is 0 Å². The molecule has 1 saturated carbocycles. The van der Waals surface area contributed by atoms with E-state index in [9.17, 15) is 4.79 Å². The fourth-order valence-electron chi connectivity index (χ4n) is 2.12. The lowest BCUT2D eigenvalue weighted by atomic mass is 9.95. The number of methoxy groups -OCH3 is 1. The molecule has 0 radical (unpaired) electrons. The van der Waals surface area contributed by atoms with Gasteiger partial charge in [0.15, 0.2) is 11.5 Å². The fourth-order valence-corrected chi connectivity index (χ4v) is 2.12. The minimum Gasteiger partial charge on any atom is -0.493 e. The van der Waals surface area contributed by atoms with Crippen molar-refractivity contribution in [1.29, 1.82) is 0 Å². The number of primary amides is 1. The summed E-state index contributed by atoms with van der Waals surface area (Å²) in [6, 6.07) is 5.07. The lowest BCUT2D eigenvalue weighted by Gasteiger charge is -2.26. The molecule has 1 aromatic carbocycles. The van der Waals surface area contributed by atoms with E-state index in [4.69, 9.17) is 26.0 Å². The van der Waals surface area contributed by atoms with Gasteiger partial charge in [-0.15, -0.1) is 0 Å². The van der Waals surface area contributed by atoms with Crippen molar-refractivity contribution >= 4 is 5.91 Å². The minimum absolute atomic E-state index is 0.0157. The molecule has 5 N–H and O–H groups in total. The highest BCUT2D eigenvalue weighted by atomic mass is 16.5. The molecular weight excluding hydrogens is 260 g/mol. The van der Waals surface area contributed by atoms with Gasteiger partial charge in [-0.2, -0.15) is 0 Å². The largest absolute Gasteiger partial charge is 0.493 e. The third-order valence-electron chi connectivity index (χ3n) is 3.64. The maximum Gasteiger partial charge on any atom is 0.241 e. The van der Waals surface area contributed by atoms with Gasteiger partial charge in [-0.1, -0.05) is 6.07 Å². The van der Waals surface area contributed by atoms with Gasteiger partial charge in [-0.3, -0.25) is 4.79 Å². The van der Waals surface area contributed by atoms with E-state index in [0.29, 0.717) is 17.1 Å². The SMILES string of the molecule is COc1cc(CO)ccc1OCC(N)(C(N)=O)C1CC1. The number of amides is 1. The molecule has 1 aromatic rings. The monoisotopic (exact) mass is 280 g/mol. The van der Waals surface area contributed by atoms with E-state index in [1.165, 1.54) is 7.11 Å². The first-order valence-corrected chi connectivity index (χ1v) is 6.50. The Hall–Kier alpha value is -1.79. The quantitative estimate of drug-likeness (QED) is 0.659. The van der Waals surface area contributed by atoms with Crippen molar-refractivity contribution in [3.63, 3.8) is 0 Å². The molecule has 20 heavy (non-hydrogen) atoms. The molecule has 110 valence electrons. The van der Waals surface area contributed by atoms with Crippen LogP contribution in [0, 0.1) is 5.92 Å². The molecule has 6 heteroatoms. The topological polar surface area (TPSA) is 108 Å². The van der Waals surface area contributed by atoms with Crippen LogP contribution in [0.2, 0.25) is 0 Å². The lowest BCUT2D eigenvalue weighted by Crippen LogP contribution is -2.58. The molecule has 1 amide bonds. The van der Waals surface area contributed by atoms with Crippen LogP contribution in [0.25, 0.3) is 0 Å². The van der Waals surface area contributed by atoms with Crippen LogP contribution in [0.4, 0.5) is 0 Å². The second-order valence-corrected chi connectivity index (χ2v) is 5.11. The number of aliphatic hydroxyl groups excluding tert-OH is 1. The molecule has 1 fully saturated rings. The first-order valence-electron chi connectivity index (χ1n) is 6.50. The molecule has 1 atom stereocenters. The zero-order valence-corrected chi connectivity index (χ0v) is 11.5. The molecule has 1 aliphatic rings. The van der Waals surface area contributed by atoms with E-state index >= 15 is 0 Å². The van der Waals surface area contributed by atoms with Gasteiger partial charge in [-0.25, -0.2) is 0 Å². The van der Waals surface area contributed by atoms with Crippen LogP contribution in [0.15, 0.2) is 18.2 Å².